The Balaban J connectivity index is 1.26. The first-order valence-electron chi connectivity index (χ1n) is 16.3. The maximum atomic E-state index is 5.33. The van der Waals surface area contributed by atoms with E-state index in [1.807, 2.05) is 90.2 Å². The van der Waals surface area contributed by atoms with Gasteiger partial charge in [0.15, 0.2) is 23.3 Å². The number of nitrogens with zero attached hydrogens (tertiary/aromatic N) is 5. The molecule has 0 aliphatic carbocycles. The molecule has 0 atom stereocenters. The van der Waals surface area contributed by atoms with Crippen LogP contribution in [-0.4, -0.2) is 24.9 Å². The molecule has 5 nitrogen and oxygen atoms in total. The Bertz CT molecular complexity index is 2810. The van der Waals surface area contributed by atoms with Gasteiger partial charge in [-0.1, -0.05) is 140 Å². The summed E-state index contributed by atoms with van der Waals surface area (Å²) in [5.74, 6) is 2.60. The Labute approximate surface area is 295 Å². The van der Waals surface area contributed by atoms with Crippen molar-refractivity contribution < 1.29 is 0 Å². The van der Waals surface area contributed by atoms with Gasteiger partial charge in [0.25, 0.3) is 0 Å². The topological polar surface area (TPSA) is 64.5 Å². The normalized spacial score (nSPS) is 11.6. The third kappa shape index (κ3) is 4.78. The standard InChI is InChI=1S/C43H25N5S2/c1-4-14-26(15-5-1)40-44-35(31-22-12-21-30-29-20-10-11-25-34(29)49-37(30)31)39-36(45-40)32-23-13-24-33(38(32)50-39)43-47-41(27-16-6-2-7-17-27)46-42(48-43)28-18-8-3-9-19-28/h1-25H. The van der Waals surface area contributed by atoms with E-state index in [9.17, 15) is 0 Å². The molecule has 0 amide bonds. The molecule has 10 rings (SSSR count). The van der Waals surface area contributed by atoms with Gasteiger partial charge in [-0.25, -0.2) is 24.9 Å². The van der Waals surface area contributed by atoms with E-state index in [4.69, 9.17) is 24.9 Å². The molecule has 0 unspecified atom stereocenters. The summed E-state index contributed by atoms with van der Waals surface area (Å²) >= 11 is 3.52. The van der Waals surface area contributed by atoms with E-state index in [1.165, 1.54) is 20.2 Å². The minimum Gasteiger partial charge on any atom is -0.226 e. The molecule has 7 heteroatoms. The largest absolute Gasteiger partial charge is 0.226 e. The van der Waals surface area contributed by atoms with E-state index in [2.05, 4.69) is 72.8 Å². The molecule has 4 heterocycles. The van der Waals surface area contributed by atoms with Crippen molar-refractivity contribution in [3.05, 3.63) is 152 Å². The van der Waals surface area contributed by atoms with Crippen molar-refractivity contribution in [2.45, 2.75) is 0 Å². The van der Waals surface area contributed by atoms with E-state index in [0.29, 0.717) is 23.3 Å². The fourth-order valence-corrected chi connectivity index (χ4v) is 9.07. The summed E-state index contributed by atoms with van der Waals surface area (Å²) in [6.07, 6.45) is 0. The summed E-state index contributed by atoms with van der Waals surface area (Å²) in [6.45, 7) is 0. The summed E-state index contributed by atoms with van der Waals surface area (Å²) in [6, 6.07) is 52.0. The number of aromatic nitrogens is 5. The zero-order chi connectivity index (χ0) is 33.0. The van der Waals surface area contributed by atoms with E-state index in [1.54, 1.807) is 11.3 Å². The van der Waals surface area contributed by atoms with Crippen LogP contribution in [0.4, 0.5) is 0 Å². The molecular formula is C43H25N5S2. The van der Waals surface area contributed by atoms with Crippen molar-refractivity contribution in [2.75, 3.05) is 0 Å². The number of benzene rings is 6. The zero-order valence-electron chi connectivity index (χ0n) is 26.5. The van der Waals surface area contributed by atoms with Gasteiger partial charge in [-0.3, -0.25) is 0 Å². The molecule has 0 spiro atoms. The molecule has 10 aromatic rings. The second-order valence-corrected chi connectivity index (χ2v) is 14.1. The maximum absolute atomic E-state index is 5.33. The van der Waals surface area contributed by atoms with Crippen LogP contribution in [0, 0.1) is 0 Å². The first kappa shape index (κ1) is 28.8. The molecule has 0 aliphatic heterocycles. The van der Waals surface area contributed by atoms with Crippen molar-refractivity contribution in [2.24, 2.45) is 0 Å². The number of hydrogen-bond donors (Lipinski definition) is 0. The lowest BCUT2D eigenvalue weighted by Gasteiger charge is -2.09. The van der Waals surface area contributed by atoms with Gasteiger partial charge in [0.05, 0.1) is 15.9 Å². The summed E-state index contributed by atoms with van der Waals surface area (Å²) in [5, 5.41) is 3.56. The fourth-order valence-electron chi connectivity index (χ4n) is 6.60. The summed E-state index contributed by atoms with van der Waals surface area (Å²) in [7, 11) is 0. The Kier molecular flexibility index (Phi) is 6.79. The lowest BCUT2D eigenvalue weighted by Crippen LogP contribution is -2.00. The summed E-state index contributed by atoms with van der Waals surface area (Å²) in [4.78, 5) is 25.7. The monoisotopic (exact) mass is 675 g/mol. The fraction of sp³-hybridized carbons (Fsp3) is 0. The van der Waals surface area contributed by atoms with Crippen LogP contribution in [0.15, 0.2) is 152 Å². The Morgan fingerprint density at radius 3 is 1.48 bits per heavy atom. The molecule has 0 fully saturated rings. The number of fused-ring (bicyclic) bond motifs is 6. The summed E-state index contributed by atoms with van der Waals surface area (Å²) < 4.78 is 4.59. The van der Waals surface area contributed by atoms with Gasteiger partial charge in [0.2, 0.25) is 0 Å². The molecular weight excluding hydrogens is 651 g/mol. The SMILES string of the molecule is c1ccc(-c2nc(-c3ccccc3)nc(-c3cccc4c3sc3c(-c5cccc6c5sc5ccccc56)nc(-c5ccccc5)nc34)n2)cc1. The highest BCUT2D eigenvalue weighted by molar-refractivity contribution is 7.27. The third-order valence-corrected chi connectivity index (χ3v) is 11.4. The van der Waals surface area contributed by atoms with Gasteiger partial charge in [0.1, 0.15) is 0 Å². The molecule has 0 saturated carbocycles. The van der Waals surface area contributed by atoms with Crippen molar-refractivity contribution in [3.8, 4) is 56.8 Å². The van der Waals surface area contributed by atoms with Gasteiger partial charge >= 0.3 is 0 Å². The van der Waals surface area contributed by atoms with Crippen LogP contribution in [0.3, 0.4) is 0 Å². The maximum Gasteiger partial charge on any atom is 0.165 e. The van der Waals surface area contributed by atoms with Crippen LogP contribution >= 0.6 is 22.7 Å². The highest BCUT2D eigenvalue weighted by Crippen LogP contribution is 2.46. The van der Waals surface area contributed by atoms with Crippen LogP contribution in [0.2, 0.25) is 0 Å². The first-order chi connectivity index (χ1) is 24.8. The minimum atomic E-state index is 0.624. The molecule has 0 bridgehead atoms. The quantitative estimate of drug-likeness (QED) is 0.182. The highest BCUT2D eigenvalue weighted by Gasteiger charge is 2.22. The molecule has 0 saturated heterocycles. The second-order valence-electron chi connectivity index (χ2n) is 12.0. The van der Waals surface area contributed by atoms with E-state index >= 15 is 0 Å². The third-order valence-electron chi connectivity index (χ3n) is 8.97. The molecule has 4 aromatic heterocycles. The van der Waals surface area contributed by atoms with Crippen molar-refractivity contribution in [3.63, 3.8) is 0 Å². The predicted octanol–water partition coefficient (Wildman–Crippen LogP) is 11.7. The molecule has 0 aliphatic rings. The Morgan fingerprint density at radius 1 is 0.320 bits per heavy atom. The van der Waals surface area contributed by atoms with Crippen LogP contribution in [0.1, 0.15) is 0 Å². The van der Waals surface area contributed by atoms with E-state index < -0.39 is 0 Å². The average molecular weight is 676 g/mol. The molecule has 0 radical (unpaired) electrons. The number of hydrogen-bond acceptors (Lipinski definition) is 7. The molecule has 0 N–H and O–H groups in total. The van der Waals surface area contributed by atoms with E-state index in [-0.39, 0.29) is 0 Å². The zero-order valence-corrected chi connectivity index (χ0v) is 28.1. The second kappa shape index (κ2) is 11.8. The van der Waals surface area contributed by atoms with Crippen LogP contribution in [0.25, 0.3) is 97.3 Å². The number of rotatable bonds is 5. The van der Waals surface area contributed by atoms with Gasteiger partial charge in [0, 0.05) is 58.1 Å². The smallest absolute Gasteiger partial charge is 0.165 e. The van der Waals surface area contributed by atoms with Crippen molar-refractivity contribution in [1.29, 1.82) is 0 Å². The lowest BCUT2D eigenvalue weighted by molar-refractivity contribution is 1.08. The minimum absolute atomic E-state index is 0.624. The molecule has 6 aromatic carbocycles. The number of thiophene rings is 2. The lowest BCUT2D eigenvalue weighted by atomic mass is 10.1. The predicted molar refractivity (Wildman–Crippen MR) is 208 cm³/mol. The van der Waals surface area contributed by atoms with Crippen LogP contribution in [0.5, 0.6) is 0 Å². The van der Waals surface area contributed by atoms with Gasteiger partial charge in [-0.2, -0.15) is 0 Å². The first-order valence-corrected chi connectivity index (χ1v) is 18.0. The van der Waals surface area contributed by atoms with Gasteiger partial charge < -0.3 is 0 Å². The van der Waals surface area contributed by atoms with Gasteiger partial charge in [-0.05, 0) is 12.1 Å². The highest BCUT2D eigenvalue weighted by atomic mass is 32.1. The molecule has 234 valence electrons. The van der Waals surface area contributed by atoms with Crippen molar-refractivity contribution in [1.82, 2.24) is 24.9 Å². The average Bonchev–Trinajstić information content (AvgIpc) is 3.77. The van der Waals surface area contributed by atoms with Gasteiger partial charge in [-0.15, -0.1) is 22.7 Å². The summed E-state index contributed by atoms with van der Waals surface area (Å²) in [5.41, 5.74) is 6.77. The van der Waals surface area contributed by atoms with Crippen LogP contribution in [-0.2, 0) is 0 Å². The Hall–Kier alpha value is -6.15. The molecule has 50 heavy (non-hydrogen) atoms. The van der Waals surface area contributed by atoms with E-state index in [0.717, 1.165) is 53.8 Å². The van der Waals surface area contributed by atoms with Crippen LogP contribution < -0.4 is 0 Å². The Morgan fingerprint density at radius 2 is 0.820 bits per heavy atom. The van der Waals surface area contributed by atoms with Crippen molar-refractivity contribution >= 4 is 63.1 Å².